The molecule has 0 aromatic heterocycles. The molecule has 0 aromatic carbocycles. The van der Waals surface area contributed by atoms with E-state index in [-0.39, 0.29) is 30.6 Å². The topological polar surface area (TPSA) is 52.6 Å². The van der Waals surface area contributed by atoms with Crippen molar-refractivity contribution in [3.05, 3.63) is 24.3 Å². The Kier molecular flexibility index (Phi) is 32.6. The summed E-state index contributed by atoms with van der Waals surface area (Å²) in [4.78, 5) is 24.4. The summed E-state index contributed by atoms with van der Waals surface area (Å²) in [5.41, 5.74) is -0.365. The molecule has 45 heavy (non-hydrogen) atoms. The fourth-order valence-electron chi connectivity index (χ4n) is 5.42. The molecule has 0 fully saturated rings. The lowest BCUT2D eigenvalue weighted by atomic mass is 9.96. The predicted octanol–water partition coefficient (Wildman–Crippen LogP) is 13.2. The van der Waals surface area contributed by atoms with Crippen LogP contribution in [0.4, 0.5) is 0 Å². The molecule has 0 atom stereocenters. The third-order valence-corrected chi connectivity index (χ3v) is 8.53. The number of unbranched alkanes of at least 4 members (excludes halogenated alkanes) is 22. The molecule has 0 saturated carbocycles. The van der Waals surface area contributed by atoms with E-state index in [1.54, 1.807) is 0 Å². The van der Waals surface area contributed by atoms with Crippen LogP contribution >= 0.6 is 0 Å². The Morgan fingerprint density at radius 2 is 0.689 bits per heavy atom. The van der Waals surface area contributed by atoms with Gasteiger partial charge in [-0.1, -0.05) is 155 Å². The van der Waals surface area contributed by atoms with Crippen LogP contribution in [0.5, 0.6) is 0 Å². The van der Waals surface area contributed by atoms with E-state index in [9.17, 15) is 9.59 Å². The molecule has 0 heterocycles. The average molecular weight is 633 g/mol. The second-order valence-electron chi connectivity index (χ2n) is 14.2. The van der Waals surface area contributed by atoms with Gasteiger partial charge in [0, 0.05) is 18.3 Å². The molecule has 0 spiro atoms. The molecule has 0 amide bonds. The maximum absolute atomic E-state index is 12.2. The summed E-state index contributed by atoms with van der Waals surface area (Å²) in [5.74, 6) is -0.277. The molecule has 4 heteroatoms. The third-order valence-electron chi connectivity index (χ3n) is 8.53. The quantitative estimate of drug-likeness (QED) is 0.0402. The van der Waals surface area contributed by atoms with Gasteiger partial charge in [-0.05, 0) is 64.2 Å². The number of carbonyl (C=O) groups is 2. The maximum Gasteiger partial charge on any atom is 0.305 e. The molecule has 0 aliphatic heterocycles. The second kappa shape index (κ2) is 33.8. The molecule has 0 aliphatic rings. The van der Waals surface area contributed by atoms with Crippen molar-refractivity contribution in [1.82, 2.24) is 0 Å². The number of rotatable bonds is 34. The van der Waals surface area contributed by atoms with Crippen LogP contribution in [-0.2, 0) is 19.1 Å². The fraction of sp³-hybridized carbons (Fsp3) is 0.854. The Balaban J connectivity index is 3.58. The zero-order valence-corrected chi connectivity index (χ0v) is 30.7. The van der Waals surface area contributed by atoms with Crippen molar-refractivity contribution in [2.45, 2.75) is 207 Å². The first-order valence-corrected chi connectivity index (χ1v) is 19.5. The van der Waals surface area contributed by atoms with Crippen LogP contribution in [0.2, 0.25) is 0 Å². The Bertz CT molecular complexity index is 650. The Morgan fingerprint density at radius 3 is 1.00 bits per heavy atom. The third kappa shape index (κ3) is 35.1. The smallest absolute Gasteiger partial charge is 0.305 e. The number of ether oxygens (including phenoxy) is 2. The maximum atomic E-state index is 12.2. The minimum Gasteiger partial charge on any atom is -0.465 e. The highest BCUT2D eigenvalue weighted by Crippen LogP contribution is 2.18. The van der Waals surface area contributed by atoms with E-state index in [2.05, 4.69) is 38.2 Å². The summed E-state index contributed by atoms with van der Waals surface area (Å²) in [5, 5.41) is 0. The van der Waals surface area contributed by atoms with Crippen LogP contribution in [0.25, 0.3) is 0 Å². The standard InChI is InChI=1S/C41H76O4/c1-5-7-9-11-13-15-17-19-21-23-25-27-29-31-33-35-39(42)44-37-41(3,4)38-45-40(43)36-34-32-30-28-26-24-22-20-18-16-14-12-10-8-6-2/h19-22H,5-18,23-38H2,1-4H3/b21-19+,22-20+. The second-order valence-corrected chi connectivity index (χ2v) is 14.2. The lowest BCUT2D eigenvalue weighted by molar-refractivity contribution is -0.152. The summed E-state index contributed by atoms with van der Waals surface area (Å²) >= 11 is 0. The van der Waals surface area contributed by atoms with Crippen molar-refractivity contribution in [3.8, 4) is 0 Å². The van der Waals surface area contributed by atoms with Gasteiger partial charge < -0.3 is 9.47 Å². The van der Waals surface area contributed by atoms with Crippen LogP contribution in [-0.4, -0.2) is 25.2 Å². The van der Waals surface area contributed by atoms with Gasteiger partial charge in [0.1, 0.15) is 0 Å². The minimum absolute atomic E-state index is 0.139. The molecule has 0 rings (SSSR count). The number of hydrogen-bond acceptors (Lipinski definition) is 4. The van der Waals surface area contributed by atoms with Crippen molar-refractivity contribution in [1.29, 1.82) is 0 Å². The van der Waals surface area contributed by atoms with Crippen molar-refractivity contribution < 1.29 is 19.1 Å². The SMILES string of the molecule is CCCCCCCC/C=C/CCCCCCCC(=O)OCC(C)(C)COC(=O)CCCCCCC/C=C/CCCCCCCC. The molecule has 0 radical (unpaired) electrons. The molecule has 0 unspecified atom stereocenters. The molecule has 4 nitrogen and oxygen atoms in total. The van der Waals surface area contributed by atoms with Gasteiger partial charge in [-0.3, -0.25) is 9.59 Å². The van der Waals surface area contributed by atoms with E-state index in [1.165, 1.54) is 141 Å². The van der Waals surface area contributed by atoms with Crippen LogP contribution in [0.15, 0.2) is 24.3 Å². The van der Waals surface area contributed by atoms with Crippen molar-refractivity contribution in [2.24, 2.45) is 5.41 Å². The monoisotopic (exact) mass is 633 g/mol. The van der Waals surface area contributed by atoms with Gasteiger partial charge in [0.2, 0.25) is 0 Å². The van der Waals surface area contributed by atoms with Gasteiger partial charge in [0.05, 0.1) is 13.2 Å². The number of hydrogen-bond donors (Lipinski definition) is 0. The van der Waals surface area contributed by atoms with Gasteiger partial charge in [0.15, 0.2) is 0 Å². The van der Waals surface area contributed by atoms with E-state index in [0.29, 0.717) is 12.8 Å². The van der Waals surface area contributed by atoms with E-state index in [0.717, 1.165) is 25.7 Å². The van der Waals surface area contributed by atoms with Gasteiger partial charge in [0.25, 0.3) is 0 Å². The first-order chi connectivity index (χ1) is 21.9. The van der Waals surface area contributed by atoms with Crippen molar-refractivity contribution >= 4 is 11.9 Å². The molecule has 0 aromatic rings. The first-order valence-electron chi connectivity index (χ1n) is 19.5. The average Bonchev–Trinajstić information content (AvgIpc) is 3.03. The van der Waals surface area contributed by atoms with Gasteiger partial charge >= 0.3 is 11.9 Å². The van der Waals surface area contributed by atoms with Crippen molar-refractivity contribution in [3.63, 3.8) is 0 Å². The summed E-state index contributed by atoms with van der Waals surface area (Å²) in [6.07, 6.45) is 42.8. The molecule has 264 valence electrons. The summed E-state index contributed by atoms with van der Waals surface area (Å²) in [6.45, 7) is 9.08. The molecule has 0 bridgehead atoms. The zero-order valence-electron chi connectivity index (χ0n) is 30.7. The van der Waals surface area contributed by atoms with Gasteiger partial charge in [-0.25, -0.2) is 0 Å². The van der Waals surface area contributed by atoms with E-state index in [1.807, 2.05) is 13.8 Å². The highest BCUT2D eigenvalue weighted by Gasteiger charge is 2.22. The van der Waals surface area contributed by atoms with Crippen LogP contribution in [0, 0.1) is 5.41 Å². The van der Waals surface area contributed by atoms with Crippen molar-refractivity contribution in [2.75, 3.05) is 13.2 Å². The molecular formula is C41H76O4. The van der Waals surface area contributed by atoms with E-state index >= 15 is 0 Å². The Hall–Kier alpha value is -1.58. The normalized spacial score (nSPS) is 12.0. The number of carbonyl (C=O) groups excluding carboxylic acids is 2. The lowest BCUT2D eigenvalue weighted by Gasteiger charge is -2.23. The minimum atomic E-state index is -0.365. The fourth-order valence-corrected chi connectivity index (χ4v) is 5.42. The van der Waals surface area contributed by atoms with Gasteiger partial charge in [-0.2, -0.15) is 0 Å². The molecule has 0 saturated heterocycles. The Morgan fingerprint density at radius 1 is 0.422 bits per heavy atom. The lowest BCUT2D eigenvalue weighted by Crippen LogP contribution is -2.28. The molecular weight excluding hydrogens is 556 g/mol. The predicted molar refractivity (Wildman–Crippen MR) is 195 cm³/mol. The summed E-state index contributed by atoms with van der Waals surface area (Å²) < 4.78 is 11.0. The van der Waals surface area contributed by atoms with Crippen LogP contribution in [0.1, 0.15) is 207 Å². The van der Waals surface area contributed by atoms with Crippen LogP contribution in [0.3, 0.4) is 0 Å². The number of esters is 2. The zero-order chi connectivity index (χ0) is 33.1. The van der Waals surface area contributed by atoms with E-state index < -0.39 is 0 Å². The van der Waals surface area contributed by atoms with Crippen LogP contribution < -0.4 is 0 Å². The highest BCUT2D eigenvalue weighted by molar-refractivity contribution is 5.69. The molecule has 0 N–H and O–H groups in total. The Labute approximate surface area is 281 Å². The molecule has 0 aliphatic carbocycles. The first kappa shape index (κ1) is 43.4. The van der Waals surface area contributed by atoms with Gasteiger partial charge in [-0.15, -0.1) is 0 Å². The summed E-state index contributed by atoms with van der Waals surface area (Å²) in [6, 6.07) is 0. The largest absolute Gasteiger partial charge is 0.465 e. The summed E-state index contributed by atoms with van der Waals surface area (Å²) in [7, 11) is 0. The number of allylic oxidation sites excluding steroid dienone is 4. The van der Waals surface area contributed by atoms with E-state index in [4.69, 9.17) is 9.47 Å². The highest BCUT2D eigenvalue weighted by atomic mass is 16.5.